The van der Waals surface area contributed by atoms with Gasteiger partial charge in [0, 0.05) is 46.1 Å². The highest BCUT2D eigenvalue weighted by Gasteiger charge is 2.27. The Morgan fingerprint density at radius 3 is 2.63 bits per heavy atom. The Kier molecular flexibility index (Phi) is 7.49. The summed E-state index contributed by atoms with van der Waals surface area (Å²) < 4.78 is 34.5. The van der Waals surface area contributed by atoms with E-state index in [1.54, 1.807) is 18.2 Å². The van der Waals surface area contributed by atoms with Gasteiger partial charge in [0.05, 0.1) is 29.1 Å². The van der Waals surface area contributed by atoms with Crippen LogP contribution < -0.4 is 0 Å². The van der Waals surface area contributed by atoms with Crippen LogP contribution in [0.1, 0.15) is 38.9 Å². The molecule has 0 spiro atoms. The number of carbonyl (C=O) groups excluding carboxylic acids is 1. The Morgan fingerprint density at radius 1 is 1.23 bits per heavy atom. The lowest BCUT2D eigenvalue weighted by Gasteiger charge is -2.26. The van der Waals surface area contributed by atoms with Crippen LogP contribution in [0, 0.1) is 0 Å². The minimum absolute atomic E-state index is 0.133. The van der Waals surface area contributed by atoms with E-state index in [0.29, 0.717) is 51.2 Å². The lowest BCUT2D eigenvalue weighted by Crippen LogP contribution is -2.40. The zero-order valence-corrected chi connectivity index (χ0v) is 18.9. The molecule has 2 heterocycles. The predicted octanol–water partition coefficient (Wildman–Crippen LogP) is 2.18. The molecule has 0 bridgehead atoms. The first-order valence-corrected chi connectivity index (χ1v) is 12.1. The molecule has 2 aromatic rings. The summed E-state index contributed by atoms with van der Waals surface area (Å²) in [7, 11) is -1.66. The maximum Gasteiger partial charge on any atom is 0.243 e. The molecule has 0 radical (unpaired) electrons. The molecule has 0 saturated carbocycles. The zero-order valence-electron chi connectivity index (χ0n) is 18.1. The first-order chi connectivity index (χ1) is 14.4. The number of aromatic nitrogens is 2. The highest BCUT2D eigenvalue weighted by molar-refractivity contribution is 7.89. The number of morpholine rings is 1. The fourth-order valence-electron chi connectivity index (χ4n) is 3.73. The summed E-state index contributed by atoms with van der Waals surface area (Å²) in [6.45, 7) is 7.17. The normalized spacial score (nSPS) is 15.6. The fraction of sp³-hybridized carbons (Fsp3) is 0.619. The lowest BCUT2D eigenvalue weighted by molar-refractivity contribution is -0.131. The third-order valence-corrected chi connectivity index (χ3v) is 7.53. The van der Waals surface area contributed by atoms with Crippen molar-refractivity contribution in [2.45, 2.75) is 44.4 Å². The molecule has 1 fully saturated rings. The molecule has 8 nitrogen and oxygen atoms in total. The summed E-state index contributed by atoms with van der Waals surface area (Å²) in [4.78, 5) is 19.3. The van der Waals surface area contributed by atoms with Crippen LogP contribution in [0.25, 0.3) is 11.0 Å². The van der Waals surface area contributed by atoms with Crippen LogP contribution in [0.5, 0.6) is 0 Å². The fourth-order valence-corrected chi connectivity index (χ4v) is 5.16. The molecule has 166 valence electrons. The van der Waals surface area contributed by atoms with E-state index >= 15 is 0 Å². The Bertz CT molecular complexity index is 980. The zero-order chi connectivity index (χ0) is 21.7. The standard InChI is InChI=1S/C21H32N4O4S/c1-4-6-11-24(5-2)21(26)10-9-20-22-18-16-17(7-8-19(18)23(20)3)30(27,28)25-12-14-29-15-13-25/h7-8,16H,4-6,9-15H2,1-3H3. The van der Waals surface area contributed by atoms with E-state index in [1.165, 1.54) is 4.31 Å². The van der Waals surface area contributed by atoms with Gasteiger partial charge in [-0.3, -0.25) is 4.79 Å². The van der Waals surface area contributed by atoms with Crippen LogP contribution in [0.15, 0.2) is 23.1 Å². The maximum atomic E-state index is 12.9. The van der Waals surface area contributed by atoms with Crippen molar-refractivity contribution in [3.63, 3.8) is 0 Å². The second kappa shape index (κ2) is 9.89. The molecule has 1 aromatic carbocycles. The van der Waals surface area contributed by atoms with Crippen molar-refractivity contribution in [2.75, 3.05) is 39.4 Å². The van der Waals surface area contributed by atoms with Gasteiger partial charge in [-0.25, -0.2) is 13.4 Å². The van der Waals surface area contributed by atoms with Gasteiger partial charge in [0.15, 0.2) is 0 Å². The van der Waals surface area contributed by atoms with Gasteiger partial charge in [-0.15, -0.1) is 0 Å². The second-order valence-corrected chi connectivity index (χ2v) is 9.52. The molecular formula is C21H32N4O4S. The Morgan fingerprint density at radius 2 is 1.97 bits per heavy atom. The quantitative estimate of drug-likeness (QED) is 0.602. The number of sulfonamides is 1. The molecular weight excluding hydrogens is 404 g/mol. The Balaban J connectivity index is 1.76. The van der Waals surface area contributed by atoms with Crippen molar-refractivity contribution in [3.8, 4) is 0 Å². The summed E-state index contributed by atoms with van der Waals surface area (Å²) in [5, 5.41) is 0. The van der Waals surface area contributed by atoms with Gasteiger partial charge in [-0.2, -0.15) is 4.31 Å². The van der Waals surface area contributed by atoms with Gasteiger partial charge in [-0.05, 0) is 31.5 Å². The number of benzene rings is 1. The molecule has 9 heteroatoms. The summed E-state index contributed by atoms with van der Waals surface area (Å²) >= 11 is 0. The SMILES string of the molecule is CCCCN(CC)C(=O)CCc1nc2cc(S(=O)(=O)N3CCOCC3)ccc2n1C. The summed E-state index contributed by atoms with van der Waals surface area (Å²) in [5.41, 5.74) is 1.49. The van der Waals surface area contributed by atoms with E-state index in [9.17, 15) is 13.2 Å². The van der Waals surface area contributed by atoms with Crippen molar-refractivity contribution < 1.29 is 17.9 Å². The number of carbonyl (C=O) groups is 1. The number of ether oxygens (including phenoxy) is 1. The molecule has 0 unspecified atom stereocenters. The smallest absolute Gasteiger partial charge is 0.243 e. The summed E-state index contributed by atoms with van der Waals surface area (Å²) in [5.74, 6) is 0.916. The molecule has 1 aromatic heterocycles. The highest BCUT2D eigenvalue weighted by Crippen LogP contribution is 2.23. The minimum atomic E-state index is -3.56. The number of rotatable bonds is 9. The van der Waals surface area contributed by atoms with Gasteiger partial charge < -0.3 is 14.2 Å². The molecule has 0 aliphatic carbocycles. The molecule has 0 N–H and O–H groups in total. The van der Waals surface area contributed by atoms with Crippen molar-refractivity contribution in [1.29, 1.82) is 0 Å². The largest absolute Gasteiger partial charge is 0.379 e. The molecule has 1 saturated heterocycles. The monoisotopic (exact) mass is 436 g/mol. The van der Waals surface area contributed by atoms with E-state index in [1.807, 2.05) is 23.4 Å². The van der Waals surface area contributed by atoms with Gasteiger partial charge in [0.1, 0.15) is 5.82 Å². The molecule has 3 rings (SSSR count). The van der Waals surface area contributed by atoms with Crippen molar-refractivity contribution in [2.24, 2.45) is 7.05 Å². The molecule has 30 heavy (non-hydrogen) atoms. The Hall–Kier alpha value is -1.97. The molecule has 1 aliphatic rings. The third kappa shape index (κ3) is 4.84. The van der Waals surface area contributed by atoms with E-state index in [2.05, 4.69) is 11.9 Å². The summed E-state index contributed by atoms with van der Waals surface area (Å²) in [6, 6.07) is 5.05. The lowest BCUT2D eigenvalue weighted by atomic mass is 10.2. The number of hydrogen-bond acceptors (Lipinski definition) is 5. The number of unbranched alkanes of at least 4 members (excludes halogenated alkanes) is 1. The number of nitrogens with zero attached hydrogens (tertiary/aromatic N) is 4. The average molecular weight is 437 g/mol. The number of hydrogen-bond donors (Lipinski definition) is 0. The van der Waals surface area contributed by atoms with Gasteiger partial charge >= 0.3 is 0 Å². The van der Waals surface area contributed by atoms with E-state index in [4.69, 9.17) is 4.74 Å². The van der Waals surface area contributed by atoms with E-state index < -0.39 is 10.0 Å². The summed E-state index contributed by atoms with van der Waals surface area (Å²) in [6.07, 6.45) is 2.99. The van der Waals surface area contributed by atoms with Gasteiger partial charge in [-0.1, -0.05) is 13.3 Å². The van der Waals surface area contributed by atoms with Crippen LogP contribution in [-0.4, -0.2) is 72.5 Å². The van der Waals surface area contributed by atoms with Crippen molar-refractivity contribution in [1.82, 2.24) is 18.8 Å². The number of aryl methyl sites for hydroxylation is 2. The first-order valence-electron chi connectivity index (χ1n) is 10.7. The predicted molar refractivity (Wildman–Crippen MR) is 116 cm³/mol. The van der Waals surface area contributed by atoms with E-state index in [0.717, 1.165) is 30.7 Å². The molecule has 1 amide bonds. The van der Waals surface area contributed by atoms with E-state index in [-0.39, 0.29) is 10.8 Å². The first kappa shape index (κ1) is 22.7. The minimum Gasteiger partial charge on any atom is -0.379 e. The van der Waals surface area contributed by atoms with Crippen LogP contribution in [0.2, 0.25) is 0 Å². The average Bonchev–Trinajstić information content (AvgIpc) is 3.08. The van der Waals surface area contributed by atoms with Crippen LogP contribution in [0.3, 0.4) is 0 Å². The van der Waals surface area contributed by atoms with Crippen molar-refractivity contribution in [3.05, 3.63) is 24.0 Å². The second-order valence-electron chi connectivity index (χ2n) is 7.58. The molecule has 1 aliphatic heterocycles. The molecule has 0 atom stereocenters. The van der Waals surface area contributed by atoms with Crippen LogP contribution in [0.4, 0.5) is 0 Å². The Labute approximate surface area is 178 Å². The third-order valence-electron chi connectivity index (χ3n) is 5.63. The van der Waals surface area contributed by atoms with Crippen LogP contribution >= 0.6 is 0 Å². The van der Waals surface area contributed by atoms with Gasteiger partial charge in [0.2, 0.25) is 15.9 Å². The van der Waals surface area contributed by atoms with Gasteiger partial charge in [0.25, 0.3) is 0 Å². The number of amides is 1. The number of fused-ring (bicyclic) bond motifs is 1. The topological polar surface area (TPSA) is 84.7 Å². The highest BCUT2D eigenvalue weighted by atomic mass is 32.2. The van der Waals surface area contributed by atoms with Crippen LogP contribution in [-0.2, 0) is 33.0 Å². The maximum absolute atomic E-state index is 12.9. The van der Waals surface area contributed by atoms with Crippen molar-refractivity contribution >= 4 is 27.0 Å². The number of imidazole rings is 1.